The molecule has 0 unspecified atom stereocenters. The molecule has 1 aromatic heterocycles. The Morgan fingerprint density at radius 3 is 2.36 bits per heavy atom. The fraction of sp³-hybridized carbons (Fsp3) is 0.583. The van der Waals surface area contributed by atoms with Gasteiger partial charge in [0.15, 0.2) is 5.13 Å². The number of nitrogens with two attached hydrogens (primary N) is 1. The van der Waals surface area contributed by atoms with Gasteiger partial charge in [-0.05, 0) is 69.8 Å². The van der Waals surface area contributed by atoms with Crippen molar-refractivity contribution in [2.45, 2.75) is 58.0 Å². The molecule has 0 bridgehead atoms. The average molecular weight is 544 g/mol. The summed E-state index contributed by atoms with van der Waals surface area (Å²) in [6, 6.07) is 2.33. The largest absolute Gasteiger partial charge is 0.382 e. The fourth-order valence-electron chi connectivity index (χ4n) is 4.39. The van der Waals surface area contributed by atoms with Crippen molar-refractivity contribution in [3.05, 3.63) is 39.8 Å². The van der Waals surface area contributed by atoms with Crippen molar-refractivity contribution < 1.29 is 22.0 Å². The van der Waals surface area contributed by atoms with Crippen molar-refractivity contribution in [1.82, 2.24) is 14.6 Å². The number of nitrogen functional groups attached to an aromatic ring is 1. The van der Waals surface area contributed by atoms with Crippen LogP contribution in [0.4, 0.5) is 19.7 Å². The second-order valence-corrected chi connectivity index (χ2v) is 12.9. The fourth-order valence-corrected chi connectivity index (χ4v) is 7.13. The maximum absolute atomic E-state index is 14.8. The van der Waals surface area contributed by atoms with Gasteiger partial charge in [-0.15, -0.1) is 0 Å². The Bertz CT molecular complexity index is 1170. The van der Waals surface area contributed by atoms with Crippen molar-refractivity contribution in [2.24, 2.45) is 5.92 Å². The molecular formula is C24H35F2N5O3S2. The molecule has 200 valence electrons. The van der Waals surface area contributed by atoms with Crippen LogP contribution in [0.5, 0.6) is 0 Å². The van der Waals surface area contributed by atoms with Gasteiger partial charge in [0.25, 0.3) is 0 Å². The number of nitrogens with zero attached hydrogens (tertiary/aromatic N) is 2. The zero-order valence-corrected chi connectivity index (χ0v) is 22.8. The molecular weight excluding hydrogens is 508 g/mol. The van der Waals surface area contributed by atoms with Crippen LogP contribution in [-0.4, -0.2) is 56.1 Å². The second-order valence-electron chi connectivity index (χ2n) is 10.1. The Kier molecular flexibility index (Phi) is 9.07. The van der Waals surface area contributed by atoms with Crippen LogP contribution in [0, 0.1) is 17.6 Å². The van der Waals surface area contributed by atoms with Gasteiger partial charge in [-0.1, -0.05) is 31.6 Å². The third-order valence-electron chi connectivity index (χ3n) is 5.99. The normalized spacial score (nSPS) is 16.0. The molecule has 0 aliphatic heterocycles. The number of thiazole rings is 1. The van der Waals surface area contributed by atoms with Crippen LogP contribution in [-0.2, 0) is 16.4 Å². The van der Waals surface area contributed by atoms with Crippen molar-refractivity contribution in [3.8, 4) is 0 Å². The first-order valence-electron chi connectivity index (χ1n) is 12.0. The van der Waals surface area contributed by atoms with E-state index >= 15 is 0 Å². The lowest BCUT2D eigenvalue weighted by Gasteiger charge is -2.38. The minimum Gasteiger partial charge on any atom is -0.382 e. The molecule has 3 rings (SSSR count). The molecule has 36 heavy (non-hydrogen) atoms. The topological polar surface area (TPSA) is 117 Å². The van der Waals surface area contributed by atoms with Gasteiger partial charge in [0.2, 0.25) is 15.8 Å². The van der Waals surface area contributed by atoms with E-state index in [-0.39, 0.29) is 27.5 Å². The third kappa shape index (κ3) is 7.21. The van der Waals surface area contributed by atoms with Crippen molar-refractivity contribution in [2.75, 3.05) is 37.4 Å². The molecule has 1 saturated carbocycles. The summed E-state index contributed by atoms with van der Waals surface area (Å²) in [5.74, 6) is -3.06. The lowest BCUT2D eigenvalue weighted by molar-refractivity contribution is 0.103. The monoisotopic (exact) mass is 543 g/mol. The number of ketones is 1. The molecule has 1 aliphatic carbocycles. The SMILES string of the molecule is CC(C)CS(=O)(=O)NC1(Nc2nc(N)c(C(=O)c3c(F)cc(CCN(C)C)cc3F)s2)CCCCC1. The summed E-state index contributed by atoms with van der Waals surface area (Å²) in [5.41, 5.74) is 4.77. The zero-order chi connectivity index (χ0) is 26.7. The van der Waals surface area contributed by atoms with Crippen LogP contribution in [0.15, 0.2) is 12.1 Å². The van der Waals surface area contributed by atoms with E-state index in [9.17, 15) is 22.0 Å². The Hall–Kier alpha value is -2.15. The smallest absolute Gasteiger partial charge is 0.213 e. The minimum atomic E-state index is -3.58. The van der Waals surface area contributed by atoms with Crippen molar-refractivity contribution >= 4 is 38.1 Å². The molecule has 1 aromatic carbocycles. The highest BCUT2D eigenvalue weighted by Crippen LogP contribution is 2.35. The highest BCUT2D eigenvalue weighted by atomic mass is 32.2. The van der Waals surface area contributed by atoms with Gasteiger partial charge in [-0.2, -0.15) is 4.72 Å². The lowest BCUT2D eigenvalue weighted by atomic mass is 9.90. The Morgan fingerprint density at radius 1 is 1.19 bits per heavy atom. The molecule has 1 heterocycles. The summed E-state index contributed by atoms with van der Waals surface area (Å²) >= 11 is 0.859. The summed E-state index contributed by atoms with van der Waals surface area (Å²) in [5, 5.41) is 3.37. The second kappa shape index (κ2) is 11.5. The molecule has 0 saturated heterocycles. The average Bonchev–Trinajstić information content (AvgIpc) is 3.10. The number of carbonyl (C=O) groups is 1. The van der Waals surface area contributed by atoms with Crippen molar-refractivity contribution in [3.63, 3.8) is 0 Å². The van der Waals surface area contributed by atoms with E-state index in [1.807, 2.05) is 32.8 Å². The zero-order valence-electron chi connectivity index (χ0n) is 21.2. The van der Waals surface area contributed by atoms with E-state index in [0.29, 0.717) is 31.4 Å². The maximum atomic E-state index is 14.8. The molecule has 8 nitrogen and oxygen atoms in total. The number of anilines is 2. The van der Waals surface area contributed by atoms with Crippen LogP contribution in [0.25, 0.3) is 0 Å². The number of rotatable bonds is 11. The van der Waals surface area contributed by atoms with Gasteiger partial charge in [-0.3, -0.25) is 4.79 Å². The lowest BCUT2D eigenvalue weighted by Crippen LogP contribution is -2.56. The molecule has 0 amide bonds. The molecule has 1 aliphatic rings. The molecule has 2 aromatic rings. The quantitative estimate of drug-likeness (QED) is 0.290. The maximum Gasteiger partial charge on any atom is 0.213 e. The molecule has 0 spiro atoms. The first-order valence-corrected chi connectivity index (χ1v) is 14.5. The van der Waals surface area contributed by atoms with E-state index in [1.54, 1.807) is 0 Å². The number of nitrogens with one attached hydrogen (secondary N) is 2. The van der Waals surface area contributed by atoms with Crippen LogP contribution in [0.2, 0.25) is 0 Å². The molecule has 4 N–H and O–H groups in total. The van der Waals surface area contributed by atoms with Crippen LogP contribution in [0.1, 0.15) is 66.8 Å². The Labute approximate surface area is 215 Å². The number of aromatic nitrogens is 1. The molecule has 0 atom stereocenters. The van der Waals surface area contributed by atoms with Gasteiger partial charge in [0.05, 0.1) is 11.3 Å². The first-order chi connectivity index (χ1) is 16.8. The van der Waals surface area contributed by atoms with Gasteiger partial charge >= 0.3 is 0 Å². The van der Waals surface area contributed by atoms with Gasteiger partial charge < -0.3 is 16.0 Å². The first kappa shape index (κ1) is 28.4. The minimum absolute atomic E-state index is 0.0245. The number of carbonyl (C=O) groups excluding carboxylic acids is 1. The number of hydrogen-bond donors (Lipinski definition) is 3. The van der Waals surface area contributed by atoms with Gasteiger partial charge in [0.1, 0.15) is 28.0 Å². The Morgan fingerprint density at radius 2 is 1.81 bits per heavy atom. The summed E-state index contributed by atoms with van der Waals surface area (Å²) in [4.78, 5) is 19.1. The highest BCUT2D eigenvalue weighted by Gasteiger charge is 2.37. The van der Waals surface area contributed by atoms with Gasteiger partial charge in [-0.25, -0.2) is 22.2 Å². The number of hydrogen-bond acceptors (Lipinski definition) is 8. The van der Waals surface area contributed by atoms with Crippen LogP contribution in [0.3, 0.4) is 0 Å². The molecule has 1 fully saturated rings. The summed E-state index contributed by atoms with van der Waals surface area (Å²) in [7, 11) is 0.130. The van der Waals surface area contributed by atoms with Crippen molar-refractivity contribution in [1.29, 1.82) is 0 Å². The van der Waals surface area contributed by atoms with E-state index in [1.165, 1.54) is 0 Å². The van der Waals surface area contributed by atoms with Crippen LogP contribution < -0.4 is 15.8 Å². The predicted molar refractivity (Wildman–Crippen MR) is 140 cm³/mol. The summed E-state index contributed by atoms with van der Waals surface area (Å²) in [6.07, 6.45) is 4.08. The van der Waals surface area contributed by atoms with Gasteiger partial charge in [0, 0.05) is 6.54 Å². The van der Waals surface area contributed by atoms with E-state index in [2.05, 4.69) is 15.0 Å². The standard InChI is InChI=1S/C24H35F2N5O3S2/c1-15(2)14-36(33,34)30-24(9-6-5-7-10-24)29-23-28-22(27)21(35-23)20(32)19-17(25)12-16(13-18(19)26)8-11-31(3)4/h12-13,15,30H,5-11,14,27H2,1-4H3,(H,28,29). The van der Waals surface area contributed by atoms with E-state index < -0.39 is 38.7 Å². The highest BCUT2D eigenvalue weighted by molar-refractivity contribution is 7.89. The predicted octanol–water partition coefficient (Wildman–Crippen LogP) is 3.99. The number of sulfonamides is 1. The van der Waals surface area contributed by atoms with E-state index in [0.717, 1.165) is 42.7 Å². The third-order valence-corrected chi connectivity index (χ3v) is 8.79. The number of benzene rings is 1. The number of halogens is 2. The van der Waals surface area contributed by atoms with Crippen LogP contribution >= 0.6 is 11.3 Å². The summed E-state index contributed by atoms with van der Waals surface area (Å²) < 4.78 is 57.9. The Balaban J connectivity index is 1.86. The number of likely N-dealkylation sites (N-methyl/N-ethyl adjacent to an activating group) is 1. The van der Waals surface area contributed by atoms with E-state index in [4.69, 9.17) is 5.73 Å². The molecule has 12 heteroatoms. The molecule has 0 radical (unpaired) electrons. The summed E-state index contributed by atoms with van der Waals surface area (Å²) in [6.45, 7) is 4.25.